The fourth-order valence-corrected chi connectivity index (χ4v) is 2.20. The average molecular weight is 280 g/mol. The maximum Gasteiger partial charge on any atom is 0.119 e. The second-order valence-corrected chi connectivity index (χ2v) is 4.52. The van der Waals surface area contributed by atoms with Crippen molar-refractivity contribution in [3.8, 4) is 11.8 Å². The van der Waals surface area contributed by atoms with E-state index in [1.165, 1.54) is 0 Å². The molecule has 0 fully saturated rings. The Morgan fingerprint density at radius 2 is 2.19 bits per heavy atom. The van der Waals surface area contributed by atoms with E-state index in [4.69, 9.17) is 9.94 Å². The van der Waals surface area contributed by atoms with Gasteiger partial charge in [0.25, 0.3) is 0 Å². The maximum atomic E-state index is 9.49. The molecule has 0 heterocycles. The standard InChI is InChI=1S/C17H16N2O2/c1-3-12-9-14(7-8-17(12)19-20)16(11-18)13-5-4-6-15(10-13)21-2/h4-10,20H,3H2,1-2H3. The molecule has 0 atom stereocenters. The highest BCUT2D eigenvalue weighted by atomic mass is 16.5. The zero-order valence-corrected chi connectivity index (χ0v) is 12.0. The summed E-state index contributed by atoms with van der Waals surface area (Å²) in [7, 11) is 1.60. The van der Waals surface area contributed by atoms with Crippen LogP contribution in [0.3, 0.4) is 0 Å². The van der Waals surface area contributed by atoms with Gasteiger partial charge in [-0.1, -0.05) is 30.3 Å². The van der Waals surface area contributed by atoms with Crippen LogP contribution in [0.4, 0.5) is 0 Å². The molecule has 1 aromatic rings. The minimum Gasteiger partial charge on any atom is -0.497 e. The molecule has 0 aromatic heterocycles. The SMILES string of the molecule is CCC1=CC(=C(C#N)c2cccc(OC)c2)C=CC1=NO. The average Bonchev–Trinajstić information content (AvgIpc) is 2.55. The lowest BCUT2D eigenvalue weighted by molar-refractivity contribution is 0.319. The molecule has 0 saturated carbocycles. The lowest BCUT2D eigenvalue weighted by atomic mass is 9.92. The molecule has 2 rings (SSSR count). The highest BCUT2D eigenvalue weighted by Crippen LogP contribution is 2.27. The topological polar surface area (TPSA) is 65.6 Å². The summed E-state index contributed by atoms with van der Waals surface area (Å²) in [6.07, 6.45) is 6.11. The van der Waals surface area contributed by atoms with Crippen LogP contribution in [0.1, 0.15) is 18.9 Å². The Morgan fingerprint density at radius 1 is 1.38 bits per heavy atom. The third-order valence-electron chi connectivity index (χ3n) is 3.33. The molecule has 106 valence electrons. The molecule has 0 spiro atoms. The van der Waals surface area contributed by atoms with E-state index in [9.17, 15) is 5.26 Å². The van der Waals surface area contributed by atoms with Gasteiger partial charge in [0.1, 0.15) is 17.5 Å². The fraction of sp³-hybridized carbons (Fsp3) is 0.176. The summed E-state index contributed by atoms with van der Waals surface area (Å²) in [5.41, 5.74) is 3.59. The van der Waals surface area contributed by atoms with Crippen LogP contribution in [0.25, 0.3) is 5.57 Å². The zero-order chi connectivity index (χ0) is 15.2. The largest absolute Gasteiger partial charge is 0.497 e. The van der Waals surface area contributed by atoms with Gasteiger partial charge in [-0.25, -0.2) is 0 Å². The molecule has 1 aliphatic rings. The molecule has 1 aliphatic carbocycles. The summed E-state index contributed by atoms with van der Waals surface area (Å²) in [5, 5.41) is 21.7. The Hall–Kier alpha value is -2.80. The quantitative estimate of drug-likeness (QED) is 0.521. The van der Waals surface area contributed by atoms with Crippen LogP contribution in [0.5, 0.6) is 5.75 Å². The predicted molar refractivity (Wildman–Crippen MR) is 82.3 cm³/mol. The zero-order valence-electron chi connectivity index (χ0n) is 12.0. The first kappa shape index (κ1) is 14.6. The van der Waals surface area contributed by atoms with Crippen molar-refractivity contribution in [3.63, 3.8) is 0 Å². The van der Waals surface area contributed by atoms with Gasteiger partial charge in [0.2, 0.25) is 0 Å². The number of benzene rings is 1. The molecule has 0 bridgehead atoms. The van der Waals surface area contributed by atoms with Crippen LogP contribution in [0.15, 0.2) is 58.8 Å². The number of methoxy groups -OCH3 is 1. The molecular weight excluding hydrogens is 264 g/mol. The first-order valence-electron chi connectivity index (χ1n) is 6.63. The Morgan fingerprint density at radius 3 is 2.81 bits per heavy atom. The van der Waals surface area contributed by atoms with Crippen LogP contribution in [0.2, 0.25) is 0 Å². The minimum absolute atomic E-state index is 0.532. The molecule has 1 aromatic carbocycles. The molecule has 0 aliphatic heterocycles. The van der Waals surface area contributed by atoms with E-state index in [1.54, 1.807) is 19.3 Å². The first-order chi connectivity index (χ1) is 10.2. The van der Waals surface area contributed by atoms with E-state index < -0.39 is 0 Å². The van der Waals surface area contributed by atoms with Gasteiger partial charge in [0.05, 0.1) is 12.7 Å². The monoisotopic (exact) mass is 280 g/mol. The molecule has 21 heavy (non-hydrogen) atoms. The predicted octanol–water partition coefficient (Wildman–Crippen LogP) is 3.71. The summed E-state index contributed by atoms with van der Waals surface area (Å²) in [6, 6.07) is 9.63. The Labute approximate surface area is 124 Å². The third kappa shape index (κ3) is 3.03. The Kier molecular flexibility index (Phi) is 4.57. The van der Waals surface area contributed by atoms with Gasteiger partial charge in [-0.3, -0.25) is 0 Å². The summed E-state index contributed by atoms with van der Waals surface area (Å²) in [5.74, 6) is 0.706. The summed E-state index contributed by atoms with van der Waals surface area (Å²) in [6.45, 7) is 1.98. The lowest BCUT2D eigenvalue weighted by Crippen LogP contribution is -2.04. The van der Waals surface area contributed by atoms with Gasteiger partial charge in [-0.05, 0) is 47.4 Å². The van der Waals surface area contributed by atoms with Gasteiger partial charge in [-0.15, -0.1) is 0 Å². The molecule has 4 heteroatoms. The number of nitrogens with zero attached hydrogens (tertiary/aromatic N) is 2. The van der Waals surface area contributed by atoms with E-state index >= 15 is 0 Å². The van der Waals surface area contributed by atoms with Crippen molar-refractivity contribution in [2.45, 2.75) is 13.3 Å². The second kappa shape index (κ2) is 6.58. The summed E-state index contributed by atoms with van der Waals surface area (Å²) >= 11 is 0. The first-order valence-corrected chi connectivity index (χ1v) is 6.63. The van der Waals surface area contributed by atoms with Crippen LogP contribution in [0, 0.1) is 11.3 Å². The van der Waals surface area contributed by atoms with Gasteiger partial charge in [-0.2, -0.15) is 5.26 Å². The highest BCUT2D eigenvalue weighted by molar-refractivity contribution is 6.10. The molecule has 0 radical (unpaired) electrons. The number of oxime groups is 1. The second-order valence-electron chi connectivity index (χ2n) is 4.52. The highest BCUT2D eigenvalue weighted by Gasteiger charge is 2.13. The van der Waals surface area contributed by atoms with E-state index in [0.717, 1.165) is 23.1 Å². The molecule has 0 unspecified atom stereocenters. The molecule has 0 amide bonds. The Balaban J connectivity index is 2.54. The van der Waals surface area contributed by atoms with Gasteiger partial charge in [0, 0.05) is 0 Å². The van der Waals surface area contributed by atoms with Crippen molar-refractivity contribution >= 4 is 11.3 Å². The number of allylic oxidation sites excluding steroid dienone is 6. The van der Waals surface area contributed by atoms with Crippen molar-refractivity contribution in [1.82, 2.24) is 0 Å². The molecular formula is C17H16N2O2. The van der Waals surface area contributed by atoms with Crippen molar-refractivity contribution < 1.29 is 9.94 Å². The lowest BCUT2D eigenvalue weighted by Gasteiger charge is -2.12. The van der Waals surface area contributed by atoms with Gasteiger partial charge in [0.15, 0.2) is 0 Å². The minimum atomic E-state index is 0.532. The van der Waals surface area contributed by atoms with Crippen LogP contribution in [-0.4, -0.2) is 18.0 Å². The Bertz CT molecular complexity index is 704. The van der Waals surface area contributed by atoms with Crippen LogP contribution >= 0.6 is 0 Å². The van der Waals surface area contributed by atoms with Gasteiger partial charge >= 0.3 is 0 Å². The number of ether oxygens (including phenoxy) is 1. The third-order valence-corrected chi connectivity index (χ3v) is 3.33. The molecule has 4 nitrogen and oxygen atoms in total. The summed E-state index contributed by atoms with van der Waals surface area (Å²) < 4.78 is 5.20. The van der Waals surface area contributed by atoms with Crippen molar-refractivity contribution in [1.29, 1.82) is 5.26 Å². The van der Waals surface area contributed by atoms with Crippen LogP contribution in [-0.2, 0) is 0 Å². The van der Waals surface area contributed by atoms with E-state index in [0.29, 0.717) is 17.0 Å². The van der Waals surface area contributed by atoms with E-state index in [2.05, 4.69) is 11.2 Å². The number of rotatable bonds is 3. The smallest absolute Gasteiger partial charge is 0.119 e. The molecule has 1 N–H and O–H groups in total. The van der Waals surface area contributed by atoms with Crippen molar-refractivity contribution in [3.05, 3.63) is 59.2 Å². The normalized spacial score (nSPS) is 18.1. The number of hydrogen-bond acceptors (Lipinski definition) is 4. The number of nitriles is 1. The van der Waals surface area contributed by atoms with Gasteiger partial charge < -0.3 is 9.94 Å². The molecule has 0 saturated heterocycles. The van der Waals surface area contributed by atoms with E-state index in [-0.39, 0.29) is 0 Å². The van der Waals surface area contributed by atoms with Crippen molar-refractivity contribution in [2.75, 3.05) is 7.11 Å². The fourth-order valence-electron chi connectivity index (χ4n) is 2.20. The maximum absolute atomic E-state index is 9.49. The van der Waals surface area contributed by atoms with E-state index in [1.807, 2.05) is 37.3 Å². The number of hydrogen-bond donors (Lipinski definition) is 1. The van der Waals surface area contributed by atoms with Crippen molar-refractivity contribution in [2.24, 2.45) is 5.16 Å². The summed E-state index contributed by atoms with van der Waals surface area (Å²) in [4.78, 5) is 0. The van der Waals surface area contributed by atoms with Crippen LogP contribution < -0.4 is 4.74 Å².